The van der Waals surface area contributed by atoms with Crippen molar-refractivity contribution in [2.75, 3.05) is 34.5 Å². The highest BCUT2D eigenvalue weighted by Gasteiger charge is 2.32. The van der Waals surface area contributed by atoms with Gasteiger partial charge in [-0.1, -0.05) is 109 Å². The number of unbranched alkanes of at least 4 members (excludes halogenated alkanes) is 1. The largest absolute Gasteiger partial charge is 0.496 e. The van der Waals surface area contributed by atoms with Crippen molar-refractivity contribution in [3.8, 4) is 33.8 Å². The second-order valence-corrected chi connectivity index (χ2v) is 17.1. The monoisotopic (exact) mass is 916 g/mol. The highest BCUT2D eigenvalue weighted by Crippen LogP contribution is 2.49. The topological polar surface area (TPSA) is 170 Å². The van der Waals surface area contributed by atoms with Crippen LogP contribution in [0.25, 0.3) is 43.8 Å². The van der Waals surface area contributed by atoms with Crippen LogP contribution < -0.4 is 30.7 Å². The van der Waals surface area contributed by atoms with Gasteiger partial charge in [-0.15, -0.1) is 0 Å². The van der Waals surface area contributed by atoms with Crippen LogP contribution in [0.4, 0.5) is 4.79 Å². The van der Waals surface area contributed by atoms with Crippen LogP contribution in [0.5, 0.6) is 11.5 Å². The Bertz CT molecular complexity index is 2870. The molecule has 0 radical (unpaired) electrons. The maximum absolute atomic E-state index is 14.5. The minimum Gasteiger partial charge on any atom is -0.496 e. The summed E-state index contributed by atoms with van der Waals surface area (Å²) in [6.07, 6.45) is 4.68. The highest BCUT2D eigenvalue weighted by atomic mass is 16.5. The molecule has 4 amide bonds. The fourth-order valence-electron chi connectivity index (χ4n) is 9.64. The fraction of sp³-hybridized carbons (Fsp3) is 0.291. The van der Waals surface area contributed by atoms with Crippen LogP contribution >= 0.6 is 0 Å². The van der Waals surface area contributed by atoms with E-state index in [0.29, 0.717) is 36.3 Å². The molecule has 1 aliphatic carbocycles. The van der Waals surface area contributed by atoms with Gasteiger partial charge in [-0.2, -0.15) is 0 Å². The van der Waals surface area contributed by atoms with Crippen LogP contribution in [-0.4, -0.2) is 82.4 Å². The lowest BCUT2D eigenvalue weighted by Gasteiger charge is -2.26. The molecule has 6 aromatic carbocycles. The summed E-state index contributed by atoms with van der Waals surface area (Å²) >= 11 is 0. The summed E-state index contributed by atoms with van der Waals surface area (Å²) in [6, 6.07) is 32.8. The van der Waals surface area contributed by atoms with Crippen LogP contribution in [0, 0.1) is 0 Å². The molecule has 350 valence electrons. The average Bonchev–Trinajstić information content (AvgIpc) is 3.67. The fourth-order valence-corrected chi connectivity index (χ4v) is 9.64. The van der Waals surface area contributed by atoms with Crippen molar-refractivity contribution in [2.24, 2.45) is 0 Å². The maximum atomic E-state index is 14.5. The Morgan fingerprint density at radius 1 is 0.691 bits per heavy atom. The van der Waals surface area contributed by atoms with E-state index >= 15 is 0 Å². The molecule has 3 atom stereocenters. The molecule has 0 aromatic heterocycles. The number of allylic oxidation sites excluding steroid dienone is 1. The van der Waals surface area contributed by atoms with E-state index in [4.69, 9.17) is 18.9 Å². The van der Waals surface area contributed by atoms with Crippen LogP contribution in [0.3, 0.4) is 0 Å². The quantitative estimate of drug-likeness (QED) is 0.0570. The Morgan fingerprint density at radius 3 is 1.90 bits per heavy atom. The summed E-state index contributed by atoms with van der Waals surface area (Å²) < 4.78 is 23.4. The number of benzene rings is 6. The lowest BCUT2D eigenvalue weighted by Crippen LogP contribution is -2.56. The highest BCUT2D eigenvalue weighted by molar-refractivity contribution is 6.11. The summed E-state index contributed by atoms with van der Waals surface area (Å²) in [7, 11) is 4.46. The first kappa shape index (κ1) is 46.8. The van der Waals surface area contributed by atoms with Gasteiger partial charge in [0.05, 0.1) is 21.3 Å². The molecule has 4 N–H and O–H groups in total. The summed E-state index contributed by atoms with van der Waals surface area (Å²) in [5.74, 6) is -1.29. The lowest BCUT2D eigenvalue weighted by atomic mass is 9.87. The van der Waals surface area contributed by atoms with E-state index in [9.17, 15) is 24.0 Å². The molecule has 0 saturated heterocycles. The number of carbonyl (C=O) groups excluding carboxylic acids is 5. The van der Waals surface area contributed by atoms with Crippen molar-refractivity contribution >= 4 is 51.3 Å². The average molecular weight is 917 g/mol. The number of methoxy groups -OCH3 is 3. The Hall–Kier alpha value is -7.67. The van der Waals surface area contributed by atoms with E-state index in [1.807, 2.05) is 91.0 Å². The summed E-state index contributed by atoms with van der Waals surface area (Å²) in [5.41, 5.74) is 7.56. The van der Waals surface area contributed by atoms with Crippen LogP contribution in [0.2, 0.25) is 0 Å². The first-order valence-corrected chi connectivity index (χ1v) is 23.0. The summed E-state index contributed by atoms with van der Waals surface area (Å²) in [4.78, 5) is 67.7. The minimum atomic E-state index is -1.15. The van der Waals surface area contributed by atoms with Crippen molar-refractivity contribution in [1.29, 1.82) is 0 Å². The Labute approximate surface area is 395 Å². The molecule has 0 spiro atoms. The van der Waals surface area contributed by atoms with Crippen LogP contribution in [0.15, 0.2) is 121 Å². The van der Waals surface area contributed by atoms with Gasteiger partial charge < -0.3 is 40.2 Å². The summed E-state index contributed by atoms with van der Waals surface area (Å²) in [6.45, 7) is 1.74. The number of hydrogen-bond donors (Lipinski definition) is 4. The molecule has 13 nitrogen and oxygen atoms in total. The molecular weight excluding hydrogens is 861 g/mol. The standard InChI is InChI=1S/C55H56N4O9/c1-33(60)57-47-31-37-30-35-18-6-9-21-39(35)49(51(37)66-3)48-38-20-8-5-17-34(38)29-36(50(48)65-2)19-7-14-27-46(54(63)67-4)59-52(61)45(58-53(47)62)26-15-16-28-56-55(64)68-32-44-42-24-12-10-22-40(42)41-23-11-13-25-43(41)44/h5-14,17-18,20-25,29-30,44-47H,15-16,19,26-28,31-32H2,1-4H3,(H,56,64)(H,57,60)(H,58,62)(H,59,61)/b14-7+/t45-,46-,47?/m0/s1. The number of rotatable bonds is 11. The zero-order valence-electron chi connectivity index (χ0n) is 38.7. The van der Waals surface area contributed by atoms with Gasteiger partial charge in [-0.25, -0.2) is 9.59 Å². The number of carbonyl (C=O) groups is 5. The molecule has 1 aliphatic heterocycles. The lowest BCUT2D eigenvalue weighted by molar-refractivity contribution is -0.145. The third kappa shape index (κ3) is 10.0. The molecule has 68 heavy (non-hydrogen) atoms. The van der Waals surface area contributed by atoms with Crippen molar-refractivity contribution in [1.82, 2.24) is 21.3 Å². The predicted molar refractivity (Wildman–Crippen MR) is 262 cm³/mol. The molecule has 2 aliphatic rings. The zero-order chi connectivity index (χ0) is 47.7. The van der Waals surface area contributed by atoms with E-state index in [-0.39, 0.29) is 38.3 Å². The first-order valence-electron chi connectivity index (χ1n) is 23.0. The van der Waals surface area contributed by atoms with Crippen molar-refractivity contribution in [3.63, 3.8) is 0 Å². The van der Waals surface area contributed by atoms with E-state index in [1.165, 1.54) is 14.0 Å². The number of alkyl carbamates (subject to hydrolysis) is 1. The second kappa shape index (κ2) is 21.3. The smallest absolute Gasteiger partial charge is 0.407 e. The first-order chi connectivity index (χ1) is 33.1. The number of nitrogens with one attached hydrogen (secondary N) is 4. The third-order valence-corrected chi connectivity index (χ3v) is 12.8. The maximum Gasteiger partial charge on any atom is 0.407 e. The van der Waals surface area contributed by atoms with Gasteiger partial charge >= 0.3 is 12.1 Å². The van der Waals surface area contributed by atoms with Gasteiger partial charge in [0.25, 0.3) is 0 Å². The Morgan fingerprint density at radius 2 is 1.28 bits per heavy atom. The van der Waals surface area contributed by atoms with E-state index in [1.54, 1.807) is 14.2 Å². The minimum absolute atomic E-state index is 0.00171. The molecule has 0 saturated carbocycles. The molecular formula is C55H56N4O9. The Kier molecular flexibility index (Phi) is 14.7. The normalized spacial score (nSPS) is 17.6. The van der Waals surface area contributed by atoms with Crippen LogP contribution in [0.1, 0.15) is 60.8 Å². The molecule has 4 bridgehead atoms. The molecule has 8 rings (SSSR count). The molecule has 1 heterocycles. The van der Waals surface area contributed by atoms with Gasteiger partial charge in [0.1, 0.15) is 36.2 Å². The van der Waals surface area contributed by atoms with Crippen molar-refractivity contribution in [3.05, 3.63) is 144 Å². The zero-order valence-corrected chi connectivity index (χ0v) is 38.7. The van der Waals surface area contributed by atoms with E-state index in [0.717, 1.165) is 60.5 Å². The SMILES string of the molecule is COC(=O)[C@@H]1C/C=C/Cc2cc3ccccc3c(c2OC)-c2c(OC)c(cc3ccccc23)CC(NC(C)=O)C(=O)N[C@@H](CCCCNC(=O)OCC2c3ccccc3-c3ccccc32)C(=O)N1. The predicted octanol–water partition coefficient (Wildman–Crippen LogP) is 8.08. The molecule has 13 heteroatoms. The Balaban J connectivity index is 1.06. The molecule has 1 unspecified atom stereocenters. The summed E-state index contributed by atoms with van der Waals surface area (Å²) in [5, 5.41) is 15.0. The molecule has 0 fully saturated rings. The van der Waals surface area contributed by atoms with Crippen molar-refractivity contribution < 1.29 is 42.9 Å². The van der Waals surface area contributed by atoms with Gasteiger partial charge in [0.15, 0.2) is 0 Å². The second-order valence-electron chi connectivity index (χ2n) is 17.1. The number of hydrogen-bond acceptors (Lipinski definition) is 9. The van der Waals surface area contributed by atoms with Gasteiger partial charge in [0.2, 0.25) is 17.7 Å². The number of ether oxygens (including phenoxy) is 4. The van der Waals surface area contributed by atoms with Crippen molar-refractivity contribution in [2.45, 2.75) is 69.5 Å². The molecule has 6 aromatic rings. The van der Waals surface area contributed by atoms with Gasteiger partial charge in [-0.05, 0) is 99.2 Å². The number of fused-ring (bicyclic) bond motifs is 12. The van der Waals surface area contributed by atoms with Crippen LogP contribution in [-0.2, 0) is 41.5 Å². The number of amides is 4. The number of esters is 1. The van der Waals surface area contributed by atoms with E-state index in [2.05, 4.69) is 51.6 Å². The van der Waals surface area contributed by atoms with E-state index < -0.39 is 47.9 Å². The third-order valence-electron chi connectivity index (χ3n) is 12.8. The van der Waals surface area contributed by atoms with Gasteiger partial charge in [-0.3, -0.25) is 14.4 Å². The van der Waals surface area contributed by atoms with Gasteiger partial charge in [0, 0.05) is 36.9 Å².